The van der Waals surface area contributed by atoms with Gasteiger partial charge in [-0.3, -0.25) is 37.3 Å². The molecule has 0 saturated heterocycles. The minimum Gasteiger partial charge on any atom is -0.462 e. The summed E-state index contributed by atoms with van der Waals surface area (Å²) in [5.74, 6) is -2.21. The Labute approximate surface area is 619 Å². The quantitative estimate of drug-likeness (QED) is 0.0169. The molecule has 0 aromatic heterocycles. The average molecular weight is 1480 g/mol. The molecule has 0 aliphatic carbocycles. The first kappa shape index (κ1) is 97.7. The van der Waals surface area contributed by atoms with E-state index in [4.69, 9.17) is 37.0 Å². The van der Waals surface area contributed by atoms with Gasteiger partial charge in [0.2, 0.25) is 0 Å². The van der Waals surface area contributed by atoms with Gasteiger partial charge < -0.3 is 33.8 Å². The van der Waals surface area contributed by atoms with Crippen molar-refractivity contribution in [3.8, 4) is 0 Å². The maximum atomic E-state index is 13.1. The number of phosphoric acid groups is 2. The molecule has 0 rings (SSSR count). The van der Waals surface area contributed by atoms with E-state index in [-0.39, 0.29) is 25.7 Å². The van der Waals surface area contributed by atoms with Gasteiger partial charge in [0.05, 0.1) is 26.4 Å². The van der Waals surface area contributed by atoms with Crippen LogP contribution in [0.5, 0.6) is 0 Å². The van der Waals surface area contributed by atoms with Crippen molar-refractivity contribution in [1.29, 1.82) is 0 Å². The summed E-state index contributed by atoms with van der Waals surface area (Å²) in [5, 5.41) is 10.6. The molecule has 0 fully saturated rings. The molecule has 5 unspecified atom stereocenters. The maximum Gasteiger partial charge on any atom is 0.472 e. The molecular weight excluding hydrogens is 1330 g/mol. The van der Waals surface area contributed by atoms with Gasteiger partial charge in [-0.25, -0.2) is 9.13 Å². The zero-order valence-corrected chi connectivity index (χ0v) is 66.0. The Bertz CT molecular complexity index is 2360. The molecular formula is C83H144O17P2. The molecule has 0 aliphatic rings. The Balaban J connectivity index is 5.36. The largest absolute Gasteiger partial charge is 0.472 e. The summed E-state index contributed by atoms with van der Waals surface area (Å²) in [6.45, 7) is 4.58. The SMILES string of the molecule is CC/C=C\C/C=C\C/C=C\C/C=C\CCCCCCCCC(=O)OCC(COP(=O)(O)OCC(O)COP(=O)(O)OCC(COC(=O)CCCCCCC/C=C\C/C=C\C/C=C\CC)OC(=O)CCCCCCC/C=C\C/C=C\CCC)OC(=O)CCCCCCCCCCCCCCCCC. The zero-order valence-electron chi connectivity index (χ0n) is 64.3. The summed E-state index contributed by atoms with van der Waals surface area (Å²) < 4.78 is 68.6. The highest BCUT2D eigenvalue weighted by atomic mass is 31.2. The molecule has 3 N–H and O–H groups in total. The molecule has 0 aromatic carbocycles. The van der Waals surface area contributed by atoms with E-state index in [2.05, 4.69) is 137 Å². The Morgan fingerprint density at radius 2 is 0.529 bits per heavy atom. The third-order valence-corrected chi connectivity index (χ3v) is 18.6. The van der Waals surface area contributed by atoms with Crippen molar-refractivity contribution in [2.45, 2.75) is 354 Å². The topological polar surface area (TPSA) is 237 Å². The number of hydrogen-bond acceptors (Lipinski definition) is 15. The summed E-state index contributed by atoms with van der Waals surface area (Å²) >= 11 is 0. The zero-order chi connectivity index (χ0) is 74.6. The van der Waals surface area contributed by atoms with Gasteiger partial charge in [0.15, 0.2) is 12.2 Å². The number of unbranched alkanes of at least 4 members (excludes halogenated alkanes) is 31. The smallest absolute Gasteiger partial charge is 0.462 e. The van der Waals surface area contributed by atoms with Gasteiger partial charge in [-0.15, -0.1) is 0 Å². The summed E-state index contributed by atoms with van der Waals surface area (Å²) in [6.07, 6.45) is 80.6. The van der Waals surface area contributed by atoms with E-state index >= 15 is 0 Å². The van der Waals surface area contributed by atoms with Crippen molar-refractivity contribution >= 4 is 39.5 Å². The minimum absolute atomic E-state index is 0.0742. The van der Waals surface area contributed by atoms with E-state index in [9.17, 15) is 43.2 Å². The second-order valence-corrected chi connectivity index (χ2v) is 29.5. The van der Waals surface area contributed by atoms with Crippen LogP contribution in [0.4, 0.5) is 0 Å². The summed E-state index contributed by atoms with van der Waals surface area (Å²) in [6, 6.07) is 0. The van der Waals surface area contributed by atoms with Gasteiger partial charge in [-0.05, 0) is 122 Å². The molecule has 0 heterocycles. The summed E-state index contributed by atoms with van der Waals surface area (Å²) in [7, 11) is -9.96. The standard InChI is InChI=1S/C83H144O17P2/c1-5-9-13-17-21-25-29-33-36-37-38-39-42-45-48-52-56-60-64-68-81(86)94-74-79(100-83(88)70-66-62-58-54-50-46-41-35-31-27-23-19-15-11-7-3)76-98-102(91,92)96-72-77(84)71-95-101(89,90)97-75-78(99-82(87)69-65-61-57-53-49-43-32-28-24-20-16-12-8-4)73-93-80(85)67-63-59-55-51-47-44-40-34-30-26-22-18-14-10-6-2/h9-10,13-14,16,20-22,25-26,28,32-34,36,38-40,77-79,84H,5-8,11-12,15,17-19,23-24,27,29-31,35,37,41-76H2,1-4H3,(H,89,90)(H,91,92)/b13-9-,14-10-,20-16-,25-21-,26-22-,32-28-,36-33-,39-38-,40-34-. The number of carbonyl (C=O) groups is 4. The highest BCUT2D eigenvalue weighted by Crippen LogP contribution is 2.45. The lowest BCUT2D eigenvalue weighted by atomic mass is 10.0. The number of rotatable bonds is 75. The fraction of sp³-hybridized carbons (Fsp3) is 0.735. The van der Waals surface area contributed by atoms with Crippen LogP contribution in [0.2, 0.25) is 0 Å². The van der Waals surface area contributed by atoms with E-state index in [1.807, 2.05) is 0 Å². The molecule has 0 aliphatic heterocycles. The number of aliphatic hydroxyl groups is 1. The molecule has 0 radical (unpaired) electrons. The lowest BCUT2D eigenvalue weighted by molar-refractivity contribution is -0.161. The highest BCUT2D eigenvalue weighted by Gasteiger charge is 2.30. The van der Waals surface area contributed by atoms with Crippen LogP contribution in [0.15, 0.2) is 109 Å². The van der Waals surface area contributed by atoms with Crippen molar-refractivity contribution in [1.82, 2.24) is 0 Å². The second kappa shape index (κ2) is 75.0. The first-order valence-electron chi connectivity index (χ1n) is 40.1. The number of phosphoric ester groups is 2. The molecule has 0 saturated carbocycles. The second-order valence-electron chi connectivity index (χ2n) is 26.6. The fourth-order valence-electron chi connectivity index (χ4n) is 10.7. The summed E-state index contributed by atoms with van der Waals surface area (Å²) in [5.41, 5.74) is 0. The molecule has 5 atom stereocenters. The predicted molar refractivity (Wildman–Crippen MR) is 418 cm³/mol. The van der Waals surface area contributed by atoms with Crippen LogP contribution >= 0.6 is 15.6 Å². The lowest BCUT2D eigenvalue weighted by Crippen LogP contribution is -2.30. The van der Waals surface area contributed by atoms with Gasteiger partial charge in [0.25, 0.3) is 0 Å². The van der Waals surface area contributed by atoms with Crippen LogP contribution in [0.3, 0.4) is 0 Å². The van der Waals surface area contributed by atoms with E-state index < -0.39 is 97.5 Å². The molecule has 19 heteroatoms. The maximum absolute atomic E-state index is 13.1. The molecule has 102 heavy (non-hydrogen) atoms. The molecule has 17 nitrogen and oxygen atoms in total. The average Bonchev–Trinajstić information content (AvgIpc) is 0.924. The van der Waals surface area contributed by atoms with E-state index in [0.29, 0.717) is 25.7 Å². The van der Waals surface area contributed by atoms with E-state index in [0.717, 1.165) is 193 Å². The fourth-order valence-corrected chi connectivity index (χ4v) is 12.3. The predicted octanol–water partition coefficient (Wildman–Crippen LogP) is 23.3. The Kier molecular flexibility index (Phi) is 71.8. The van der Waals surface area contributed by atoms with Crippen molar-refractivity contribution in [2.75, 3.05) is 39.6 Å². The lowest BCUT2D eigenvalue weighted by Gasteiger charge is -2.21. The highest BCUT2D eigenvalue weighted by molar-refractivity contribution is 7.47. The van der Waals surface area contributed by atoms with Gasteiger partial charge in [0, 0.05) is 25.7 Å². The Morgan fingerprint density at radius 1 is 0.284 bits per heavy atom. The van der Waals surface area contributed by atoms with Crippen LogP contribution in [0.25, 0.3) is 0 Å². The molecule has 0 amide bonds. The third-order valence-electron chi connectivity index (χ3n) is 16.7. The van der Waals surface area contributed by atoms with Crippen molar-refractivity contribution < 1.29 is 80.2 Å². The normalized spacial score (nSPS) is 14.5. The van der Waals surface area contributed by atoms with Crippen molar-refractivity contribution in [3.05, 3.63) is 109 Å². The van der Waals surface area contributed by atoms with Gasteiger partial charge in [-0.1, -0.05) is 298 Å². The van der Waals surface area contributed by atoms with E-state index in [1.54, 1.807) is 0 Å². The number of aliphatic hydroxyl groups excluding tert-OH is 1. The Morgan fingerprint density at radius 3 is 0.824 bits per heavy atom. The van der Waals surface area contributed by atoms with Crippen LogP contribution in [0.1, 0.15) is 336 Å². The number of carbonyl (C=O) groups excluding carboxylic acids is 4. The van der Waals surface area contributed by atoms with Crippen molar-refractivity contribution in [3.63, 3.8) is 0 Å². The number of ether oxygens (including phenoxy) is 4. The number of allylic oxidation sites excluding steroid dienone is 18. The van der Waals surface area contributed by atoms with E-state index in [1.165, 1.54) is 64.2 Å². The first-order valence-corrected chi connectivity index (χ1v) is 43.1. The molecule has 0 bridgehead atoms. The molecule has 0 aromatic rings. The van der Waals surface area contributed by atoms with Gasteiger partial charge in [-0.2, -0.15) is 0 Å². The molecule has 0 spiro atoms. The first-order chi connectivity index (χ1) is 49.7. The third kappa shape index (κ3) is 74.0. The number of esters is 4. The van der Waals surface area contributed by atoms with Gasteiger partial charge >= 0.3 is 39.5 Å². The summed E-state index contributed by atoms with van der Waals surface area (Å²) in [4.78, 5) is 73.0. The number of hydrogen-bond donors (Lipinski definition) is 3. The van der Waals surface area contributed by atoms with Crippen molar-refractivity contribution in [2.24, 2.45) is 0 Å². The monoisotopic (exact) mass is 1470 g/mol. The van der Waals surface area contributed by atoms with Gasteiger partial charge in [0.1, 0.15) is 19.3 Å². The minimum atomic E-state index is -4.98. The van der Waals surface area contributed by atoms with Crippen LogP contribution in [0, 0.1) is 0 Å². The van der Waals surface area contributed by atoms with Crippen LogP contribution in [-0.4, -0.2) is 96.7 Å². The molecule has 588 valence electrons. The Hall–Kier alpha value is -4.28. The van der Waals surface area contributed by atoms with Crippen LogP contribution < -0.4 is 0 Å². The van der Waals surface area contributed by atoms with Crippen LogP contribution in [-0.2, 0) is 65.4 Å².